The number of hydrogen-bond donors (Lipinski definition) is 0. The first-order valence-corrected chi connectivity index (χ1v) is 11.7. The first kappa shape index (κ1) is 23.8. The molecule has 3 atom stereocenters. The SMILES string of the molecule is CC(C)(C)C1(Oc2cc(C(=O)OCCS(=O)(=O)[O-])ccc2C(F)(F)F)CC2CCC1C2. The average molecular weight is 463 g/mol. The van der Waals surface area contributed by atoms with Crippen LogP contribution in [-0.4, -0.2) is 36.9 Å². The molecule has 0 N–H and O–H groups in total. The first-order valence-electron chi connectivity index (χ1n) is 10.1. The molecule has 31 heavy (non-hydrogen) atoms. The molecule has 6 nitrogen and oxygen atoms in total. The van der Waals surface area contributed by atoms with E-state index < -0.39 is 57.0 Å². The molecule has 2 aliphatic rings. The topological polar surface area (TPSA) is 92.7 Å². The van der Waals surface area contributed by atoms with Crippen LogP contribution in [0, 0.1) is 17.3 Å². The summed E-state index contributed by atoms with van der Waals surface area (Å²) >= 11 is 0. The van der Waals surface area contributed by atoms with Crippen molar-refractivity contribution in [2.45, 2.75) is 58.2 Å². The number of benzene rings is 1. The molecular weight excluding hydrogens is 437 g/mol. The van der Waals surface area contributed by atoms with Crippen LogP contribution in [0.15, 0.2) is 18.2 Å². The molecule has 2 bridgehead atoms. The Morgan fingerprint density at radius 3 is 2.39 bits per heavy atom. The van der Waals surface area contributed by atoms with Gasteiger partial charge in [-0.3, -0.25) is 0 Å². The molecule has 3 unspecified atom stereocenters. The summed E-state index contributed by atoms with van der Waals surface area (Å²) < 4.78 is 84.0. The number of esters is 1. The Morgan fingerprint density at radius 2 is 1.90 bits per heavy atom. The summed E-state index contributed by atoms with van der Waals surface area (Å²) in [6.45, 7) is 5.16. The molecule has 0 heterocycles. The second kappa shape index (κ2) is 7.95. The third-order valence-electron chi connectivity index (χ3n) is 6.44. The summed E-state index contributed by atoms with van der Waals surface area (Å²) in [5, 5.41) is 0. The van der Waals surface area contributed by atoms with Crippen LogP contribution in [0.25, 0.3) is 0 Å². The lowest BCUT2D eigenvalue weighted by atomic mass is 9.67. The third kappa shape index (κ3) is 5.00. The van der Waals surface area contributed by atoms with Crippen molar-refractivity contribution in [2.24, 2.45) is 17.3 Å². The normalized spacial score (nSPS) is 26.2. The molecular formula is C21H26F3O6S-. The quantitative estimate of drug-likeness (QED) is 0.459. The van der Waals surface area contributed by atoms with Crippen molar-refractivity contribution in [2.75, 3.05) is 12.4 Å². The van der Waals surface area contributed by atoms with Gasteiger partial charge in [-0.15, -0.1) is 0 Å². The van der Waals surface area contributed by atoms with Gasteiger partial charge >= 0.3 is 12.1 Å². The van der Waals surface area contributed by atoms with Crippen molar-refractivity contribution in [1.29, 1.82) is 0 Å². The summed E-state index contributed by atoms with van der Waals surface area (Å²) in [5.41, 5.74) is -2.43. The molecule has 10 heteroatoms. The Bertz CT molecular complexity index is 951. The number of carbonyl (C=O) groups is 1. The molecule has 2 saturated carbocycles. The number of fused-ring (bicyclic) bond motifs is 2. The van der Waals surface area contributed by atoms with Crippen LogP contribution in [0.4, 0.5) is 13.2 Å². The van der Waals surface area contributed by atoms with E-state index in [-0.39, 0.29) is 11.5 Å². The molecule has 2 aliphatic carbocycles. The molecule has 3 rings (SSSR count). The van der Waals surface area contributed by atoms with Gasteiger partial charge in [0, 0.05) is 5.41 Å². The molecule has 0 spiro atoms. The van der Waals surface area contributed by atoms with E-state index in [1.807, 2.05) is 20.8 Å². The number of rotatable bonds is 6. The van der Waals surface area contributed by atoms with Crippen molar-refractivity contribution in [3.63, 3.8) is 0 Å². The number of ether oxygens (including phenoxy) is 2. The van der Waals surface area contributed by atoms with Crippen LogP contribution >= 0.6 is 0 Å². The van der Waals surface area contributed by atoms with Gasteiger partial charge in [-0.05, 0) is 55.7 Å². The Morgan fingerprint density at radius 1 is 1.23 bits per heavy atom. The van der Waals surface area contributed by atoms with E-state index in [0.717, 1.165) is 37.5 Å². The highest BCUT2D eigenvalue weighted by Gasteiger charge is 2.59. The van der Waals surface area contributed by atoms with Crippen molar-refractivity contribution in [3.8, 4) is 5.75 Å². The summed E-state index contributed by atoms with van der Waals surface area (Å²) in [7, 11) is -4.58. The van der Waals surface area contributed by atoms with E-state index in [9.17, 15) is 30.9 Å². The lowest BCUT2D eigenvalue weighted by molar-refractivity contribution is -0.143. The highest BCUT2D eigenvalue weighted by molar-refractivity contribution is 7.85. The maximum atomic E-state index is 13.7. The molecule has 1 aromatic rings. The predicted molar refractivity (Wildman–Crippen MR) is 105 cm³/mol. The Hall–Kier alpha value is -1.81. The molecule has 0 radical (unpaired) electrons. The van der Waals surface area contributed by atoms with E-state index in [1.165, 1.54) is 0 Å². The lowest BCUT2D eigenvalue weighted by Gasteiger charge is -2.48. The molecule has 0 aliphatic heterocycles. The minimum absolute atomic E-state index is 0.122. The molecule has 0 saturated heterocycles. The number of alkyl halides is 3. The van der Waals surface area contributed by atoms with Gasteiger partial charge in [0.1, 0.15) is 18.0 Å². The second-order valence-electron chi connectivity index (χ2n) is 9.43. The lowest BCUT2D eigenvalue weighted by Crippen LogP contribution is -2.52. The molecule has 174 valence electrons. The standard InChI is InChI=1S/C21H27F3O6S/c1-19(2,3)20(12-13-4-6-15(20)10-13)30-17-11-14(5-7-16(17)21(22,23)24)18(25)29-8-9-31(26,27)28/h5,7,11,13,15H,4,6,8-10,12H2,1-3H3,(H,26,27,28)/p-1. The minimum Gasteiger partial charge on any atom is -0.748 e. The number of halogens is 3. The van der Waals surface area contributed by atoms with Gasteiger partial charge in [-0.1, -0.05) is 20.8 Å². The largest absolute Gasteiger partial charge is 0.748 e. The zero-order valence-electron chi connectivity index (χ0n) is 17.6. The van der Waals surface area contributed by atoms with Gasteiger partial charge in [-0.25, -0.2) is 13.2 Å². The Labute approximate surface area is 179 Å². The smallest absolute Gasteiger partial charge is 0.419 e. The molecule has 1 aromatic carbocycles. The van der Waals surface area contributed by atoms with Crippen LogP contribution in [0.1, 0.15) is 62.4 Å². The fourth-order valence-electron chi connectivity index (χ4n) is 4.96. The van der Waals surface area contributed by atoms with Crippen LogP contribution in [0.2, 0.25) is 0 Å². The van der Waals surface area contributed by atoms with Crippen molar-refractivity contribution < 1.29 is 40.4 Å². The highest BCUT2D eigenvalue weighted by atomic mass is 32.2. The van der Waals surface area contributed by atoms with Gasteiger partial charge in [0.2, 0.25) is 0 Å². The maximum absolute atomic E-state index is 13.7. The summed E-state index contributed by atoms with van der Waals surface area (Å²) in [5.74, 6) is -1.86. The highest BCUT2D eigenvalue weighted by Crippen LogP contribution is 2.59. The minimum atomic E-state index is -4.69. The van der Waals surface area contributed by atoms with Crippen molar-refractivity contribution >= 4 is 16.1 Å². The van der Waals surface area contributed by atoms with Gasteiger partial charge in [0.05, 0.1) is 27.0 Å². The van der Waals surface area contributed by atoms with E-state index in [2.05, 4.69) is 0 Å². The van der Waals surface area contributed by atoms with Crippen molar-refractivity contribution in [3.05, 3.63) is 29.3 Å². The van der Waals surface area contributed by atoms with E-state index in [0.29, 0.717) is 12.3 Å². The Kier molecular flexibility index (Phi) is 6.12. The van der Waals surface area contributed by atoms with Crippen molar-refractivity contribution in [1.82, 2.24) is 0 Å². The van der Waals surface area contributed by atoms with E-state index in [4.69, 9.17) is 9.47 Å². The monoisotopic (exact) mass is 463 g/mol. The van der Waals surface area contributed by atoms with Crippen LogP contribution in [0.3, 0.4) is 0 Å². The van der Waals surface area contributed by atoms with Gasteiger partial charge < -0.3 is 14.0 Å². The summed E-state index contributed by atoms with van der Waals surface area (Å²) in [4.78, 5) is 12.2. The number of hydrogen-bond acceptors (Lipinski definition) is 6. The van der Waals surface area contributed by atoms with Crippen LogP contribution in [0.5, 0.6) is 5.75 Å². The third-order valence-corrected chi connectivity index (χ3v) is 7.11. The van der Waals surface area contributed by atoms with Gasteiger partial charge in [0.15, 0.2) is 0 Å². The molecule has 0 amide bonds. The van der Waals surface area contributed by atoms with Gasteiger partial charge in [-0.2, -0.15) is 13.2 Å². The Balaban J connectivity index is 1.94. The summed E-state index contributed by atoms with van der Waals surface area (Å²) in [6.07, 6.45) is -1.22. The van der Waals surface area contributed by atoms with Crippen LogP contribution in [-0.2, 0) is 21.0 Å². The fraction of sp³-hybridized carbons (Fsp3) is 0.667. The van der Waals surface area contributed by atoms with E-state index >= 15 is 0 Å². The van der Waals surface area contributed by atoms with E-state index in [1.54, 1.807) is 0 Å². The van der Waals surface area contributed by atoms with Gasteiger partial charge in [0.25, 0.3) is 0 Å². The zero-order valence-corrected chi connectivity index (χ0v) is 18.4. The maximum Gasteiger partial charge on any atom is 0.419 e. The van der Waals surface area contributed by atoms with Crippen LogP contribution < -0.4 is 4.74 Å². The second-order valence-corrected chi connectivity index (χ2v) is 11.0. The predicted octanol–water partition coefficient (Wildman–Crippen LogP) is 4.39. The fourth-order valence-corrected chi connectivity index (χ4v) is 5.25. The average Bonchev–Trinajstić information content (AvgIpc) is 3.20. The molecule has 0 aromatic heterocycles. The number of carbonyl (C=O) groups excluding carboxylic acids is 1. The zero-order chi connectivity index (χ0) is 23.2. The first-order chi connectivity index (χ1) is 14.1. The molecule has 2 fully saturated rings. The summed E-state index contributed by atoms with van der Waals surface area (Å²) in [6, 6.07) is 2.71.